The molecule has 1 saturated heterocycles. The number of nitrogens with one attached hydrogen (secondary N) is 1. The van der Waals surface area contributed by atoms with Crippen LogP contribution in [0.4, 0.5) is 4.79 Å². The van der Waals surface area contributed by atoms with Gasteiger partial charge in [0.15, 0.2) is 10.8 Å². The van der Waals surface area contributed by atoms with Gasteiger partial charge < -0.3 is 19.5 Å². The molecule has 1 N–H and O–H groups in total. The third-order valence-electron chi connectivity index (χ3n) is 3.77. The smallest absolute Gasteiger partial charge is 0.409 e. The van der Waals surface area contributed by atoms with Gasteiger partial charge in [0, 0.05) is 32.4 Å². The lowest BCUT2D eigenvalue weighted by molar-refractivity contribution is -0.129. The number of halogens is 1. The molecule has 0 atom stereocenters. The molecule has 1 fully saturated rings. The van der Waals surface area contributed by atoms with Gasteiger partial charge in [0.05, 0.1) is 22.9 Å². The molecule has 0 aliphatic carbocycles. The van der Waals surface area contributed by atoms with E-state index in [-0.39, 0.29) is 17.8 Å². The normalized spacial score (nSPS) is 14.8. The quantitative estimate of drug-likeness (QED) is 0.812. The monoisotopic (exact) mass is 383 g/mol. The number of hydrogen-bond donors (Lipinski definition) is 1. The number of amides is 2. The molecular weight excluding hydrogens is 366 g/mol. The number of aromatic nitrogens is 3. The summed E-state index contributed by atoms with van der Waals surface area (Å²) < 4.78 is 4.97. The van der Waals surface area contributed by atoms with Crippen molar-refractivity contribution < 1.29 is 14.3 Å². The molecule has 0 saturated carbocycles. The molecule has 2 aromatic heterocycles. The van der Waals surface area contributed by atoms with Crippen LogP contribution in [0.5, 0.6) is 0 Å². The van der Waals surface area contributed by atoms with Gasteiger partial charge in [-0.15, -0.1) is 0 Å². The van der Waals surface area contributed by atoms with Gasteiger partial charge in [-0.2, -0.15) is 0 Å². The number of imidazole rings is 1. The Morgan fingerprint density at radius 2 is 2.04 bits per heavy atom. The summed E-state index contributed by atoms with van der Waals surface area (Å²) in [5.41, 5.74) is 1.31. The fraction of sp³-hybridized carbons (Fsp3) is 0.467. The number of ether oxygens (including phenoxy) is 1. The van der Waals surface area contributed by atoms with Crippen molar-refractivity contribution in [3.05, 3.63) is 17.3 Å². The van der Waals surface area contributed by atoms with Crippen LogP contribution in [0, 0.1) is 0 Å². The molecule has 3 heterocycles. The third kappa shape index (κ3) is 4.35. The summed E-state index contributed by atoms with van der Waals surface area (Å²) in [5.74, 6) is 0.285. The van der Waals surface area contributed by atoms with Crippen LogP contribution in [-0.4, -0.2) is 75.3 Å². The van der Waals surface area contributed by atoms with Crippen molar-refractivity contribution in [3.63, 3.8) is 0 Å². The lowest BCUT2D eigenvalue weighted by Gasteiger charge is -2.33. The Morgan fingerprint density at radius 1 is 1.32 bits per heavy atom. The highest BCUT2D eigenvalue weighted by Gasteiger charge is 2.24. The number of carbonyl (C=O) groups is 2. The number of piperazine rings is 1. The van der Waals surface area contributed by atoms with Crippen molar-refractivity contribution in [2.75, 3.05) is 38.5 Å². The van der Waals surface area contributed by atoms with Gasteiger partial charge in [-0.3, -0.25) is 4.79 Å². The summed E-state index contributed by atoms with van der Waals surface area (Å²) >= 11 is 7.22. The molecular formula is C15H18ClN5O3S. The summed E-state index contributed by atoms with van der Waals surface area (Å²) in [6, 6.07) is 1.75. The first-order chi connectivity index (χ1) is 12.1. The molecule has 0 bridgehead atoms. The van der Waals surface area contributed by atoms with Gasteiger partial charge >= 0.3 is 6.09 Å². The molecule has 8 nitrogen and oxygen atoms in total. The van der Waals surface area contributed by atoms with Crippen molar-refractivity contribution >= 4 is 46.5 Å². The number of carbonyl (C=O) groups excluding carboxylic acids is 2. The molecule has 3 rings (SSSR count). The Kier molecular flexibility index (Phi) is 5.64. The number of aromatic amines is 1. The van der Waals surface area contributed by atoms with Crippen LogP contribution in [0.3, 0.4) is 0 Å². The van der Waals surface area contributed by atoms with Crippen molar-refractivity contribution in [1.29, 1.82) is 0 Å². The SMILES string of the molecule is CCOC(=O)N1CCN(C(=O)CSc2nc3ncc(Cl)cc3[nH]2)CC1. The van der Waals surface area contributed by atoms with E-state index in [1.807, 2.05) is 0 Å². The first-order valence-corrected chi connectivity index (χ1v) is 9.26. The summed E-state index contributed by atoms with van der Waals surface area (Å²) in [7, 11) is 0. The molecule has 1 aliphatic rings. The molecule has 0 unspecified atom stereocenters. The Morgan fingerprint density at radius 3 is 2.76 bits per heavy atom. The predicted molar refractivity (Wildman–Crippen MR) is 94.8 cm³/mol. The number of pyridine rings is 1. The first-order valence-electron chi connectivity index (χ1n) is 7.90. The summed E-state index contributed by atoms with van der Waals surface area (Å²) in [6.07, 6.45) is 1.21. The molecule has 0 aromatic carbocycles. The predicted octanol–water partition coefficient (Wildman–Crippen LogP) is 2.00. The highest BCUT2D eigenvalue weighted by atomic mass is 35.5. The largest absolute Gasteiger partial charge is 0.450 e. The van der Waals surface area contributed by atoms with Gasteiger partial charge in [-0.1, -0.05) is 23.4 Å². The Hall–Kier alpha value is -2.00. The summed E-state index contributed by atoms with van der Waals surface area (Å²) in [5, 5.41) is 1.16. The number of rotatable bonds is 4. The van der Waals surface area contributed by atoms with Crippen LogP contribution < -0.4 is 0 Å². The fourth-order valence-corrected chi connectivity index (χ4v) is 3.43. The van der Waals surface area contributed by atoms with E-state index < -0.39 is 0 Å². The molecule has 25 heavy (non-hydrogen) atoms. The van der Waals surface area contributed by atoms with E-state index >= 15 is 0 Å². The second-order valence-electron chi connectivity index (χ2n) is 5.42. The zero-order chi connectivity index (χ0) is 17.8. The van der Waals surface area contributed by atoms with Gasteiger partial charge in [0.25, 0.3) is 0 Å². The number of nitrogens with zero attached hydrogens (tertiary/aromatic N) is 4. The lowest BCUT2D eigenvalue weighted by Crippen LogP contribution is -2.51. The average molecular weight is 384 g/mol. The van der Waals surface area contributed by atoms with Crippen molar-refractivity contribution in [1.82, 2.24) is 24.8 Å². The van der Waals surface area contributed by atoms with Crippen LogP contribution in [0.25, 0.3) is 11.2 Å². The zero-order valence-electron chi connectivity index (χ0n) is 13.7. The second kappa shape index (κ2) is 7.92. The van der Waals surface area contributed by atoms with Gasteiger partial charge in [0.2, 0.25) is 5.91 Å². The average Bonchev–Trinajstić information content (AvgIpc) is 3.02. The van der Waals surface area contributed by atoms with E-state index in [4.69, 9.17) is 16.3 Å². The van der Waals surface area contributed by atoms with Gasteiger partial charge in [-0.25, -0.2) is 14.8 Å². The Bertz CT molecular complexity index is 776. The van der Waals surface area contributed by atoms with Crippen LogP contribution in [-0.2, 0) is 9.53 Å². The van der Waals surface area contributed by atoms with E-state index in [0.29, 0.717) is 48.6 Å². The zero-order valence-corrected chi connectivity index (χ0v) is 15.3. The standard InChI is InChI=1S/C15H18ClN5O3S/c1-2-24-15(23)21-5-3-20(4-6-21)12(22)9-25-14-18-11-7-10(16)8-17-13(11)19-14/h7-8H,2-6,9H2,1H3,(H,17,18,19). The fourth-order valence-electron chi connectivity index (χ4n) is 2.50. The maximum absolute atomic E-state index is 12.3. The third-order valence-corrected chi connectivity index (χ3v) is 4.84. The van der Waals surface area contributed by atoms with E-state index in [1.54, 1.807) is 22.8 Å². The van der Waals surface area contributed by atoms with Crippen molar-refractivity contribution in [2.24, 2.45) is 0 Å². The maximum Gasteiger partial charge on any atom is 0.409 e. The second-order valence-corrected chi connectivity index (χ2v) is 6.82. The molecule has 1 aliphatic heterocycles. The highest BCUT2D eigenvalue weighted by Crippen LogP contribution is 2.21. The lowest BCUT2D eigenvalue weighted by atomic mass is 10.3. The number of hydrogen-bond acceptors (Lipinski definition) is 6. The number of thioether (sulfide) groups is 1. The molecule has 134 valence electrons. The number of fused-ring (bicyclic) bond motifs is 1. The Labute approximate surface area is 153 Å². The molecule has 2 amide bonds. The maximum atomic E-state index is 12.3. The minimum Gasteiger partial charge on any atom is -0.450 e. The van der Waals surface area contributed by atoms with E-state index in [1.165, 1.54) is 18.0 Å². The molecule has 0 spiro atoms. The first kappa shape index (κ1) is 17.8. The van der Waals surface area contributed by atoms with Gasteiger partial charge in [-0.05, 0) is 13.0 Å². The van der Waals surface area contributed by atoms with Crippen molar-refractivity contribution in [2.45, 2.75) is 12.1 Å². The van der Waals surface area contributed by atoms with Crippen LogP contribution in [0.2, 0.25) is 5.02 Å². The summed E-state index contributed by atoms with van der Waals surface area (Å²) in [4.78, 5) is 38.9. The van der Waals surface area contributed by atoms with Crippen LogP contribution in [0.15, 0.2) is 17.4 Å². The minimum atomic E-state index is -0.322. The minimum absolute atomic E-state index is 0.0138. The molecule has 2 aromatic rings. The van der Waals surface area contributed by atoms with E-state index in [9.17, 15) is 9.59 Å². The van der Waals surface area contributed by atoms with Crippen molar-refractivity contribution in [3.8, 4) is 0 Å². The Balaban J connectivity index is 1.50. The highest BCUT2D eigenvalue weighted by molar-refractivity contribution is 7.99. The van der Waals surface area contributed by atoms with Crippen LogP contribution >= 0.6 is 23.4 Å². The molecule has 10 heteroatoms. The molecule has 0 radical (unpaired) electrons. The number of H-pyrrole nitrogens is 1. The van der Waals surface area contributed by atoms with E-state index in [2.05, 4.69) is 15.0 Å². The van der Waals surface area contributed by atoms with Crippen LogP contribution in [0.1, 0.15) is 6.92 Å². The topological polar surface area (TPSA) is 91.4 Å². The van der Waals surface area contributed by atoms with Gasteiger partial charge in [0.1, 0.15) is 0 Å². The summed E-state index contributed by atoms with van der Waals surface area (Å²) in [6.45, 7) is 4.12. The van der Waals surface area contributed by atoms with E-state index in [0.717, 1.165) is 5.52 Å².